The summed E-state index contributed by atoms with van der Waals surface area (Å²) in [5.41, 5.74) is 3.09. The molecule has 2 aliphatic heterocycles. The Balaban J connectivity index is 0.000000333. The molecule has 2 heterocycles. The van der Waals surface area contributed by atoms with Gasteiger partial charge in [-0.2, -0.15) is 0 Å². The number of allylic oxidation sites excluding steroid dienone is 1. The minimum atomic E-state index is -0.447. The molecule has 1 saturated carbocycles. The summed E-state index contributed by atoms with van der Waals surface area (Å²) in [5, 5.41) is 4.53. The lowest BCUT2D eigenvalue weighted by atomic mass is 9.91. The molecule has 0 bridgehead atoms. The van der Waals surface area contributed by atoms with E-state index in [1.807, 2.05) is 27.7 Å². The molecule has 2 N–H and O–H groups in total. The van der Waals surface area contributed by atoms with Crippen LogP contribution >= 0.6 is 0 Å². The maximum atomic E-state index is 12.2. The highest BCUT2D eigenvalue weighted by Crippen LogP contribution is 2.31. The fraction of sp³-hybridized carbons (Fsp3) is 0.815. The van der Waals surface area contributed by atoms with Gasteiger partial charge in [0.25, 0.3) is 12.4 Å². The van der Waals surface area contributed by atoms with Crippen molar-refractivity contribution in [2.75, 3.05) is 46.0 Å². The van der Waals surface area contributed by atoms with Gasteiger partial charge >= 0.3 is 0 Å². The molecule has 0 aromatic carbocycles. The quantitative estimate of drug-likeness (QED) is 0.484. The molecule has 9 nitrogen and oxygen atoms in total. The van der Waals surface area contributed by atoms with E-state index in [1.54, 1.807) is 11.9 Å². The van der Waals surface area contributed by atoms with Gasteiger partial charge in [-0.25, -0.2) is 5.43 Å². The third-order valence-corrected chi connectivity index (χ3v) is 6.53. The number of amides is 2. The molecule has 0 aromatic heterocycles. The number of nitrogens with zero attached hydrogens (tertiary/aromatic N) is 2. The Morgan fingerprint density at radius 2 is 1.72 bits per heavy atom. The van der Waals surface area contributed by atoms with Crippen molar-refractivity contribution in [3.8, 4) is 0 Å². The van der Waals surface area contributed by atoms with Crippen molar-refractivity contribution in [1.82, 2.24) is 20.7 Å². The maximum Gasteiger partial charge on any atom is 0.293 e. The molecule has 36 heavy (non-hydrogen) atoms. The Bertz CT molecular complexity index is 640. The van der Waals surface area contributed by atoms with Crippen LogP contribution in [-0.4, -0.2) is 80.2 Å². The Hall–Kier alpha value is -2.13. The average Bonchev–Trinajstić information content (AvgIpc) is 3.43. The second-order valence-electron chi connectivity index (χ2n) is 10.1. The lowest BCUT2D eigenvalue weighted by Crippen LogP contribution is -2.55. The van der Waals surface area contributed by atoms with E-state index in [1.165, 1.54) is 12.8 Å². The van der Waals surface area contributed by atoms with E-state index in [4.69, 9.17) is 4.74 Å². The number of ether oxygens (including phenoxy) is 2. The first kappa shape index (κ1) is 31.9. The molecule has 2 atom stereocenters. The molecule has 0 aromatic rings. The molecule has 9 heteroatoms. The lowest BCUT2D eigenvalue weighted by molar-refractivity contribution is -0.140. The number of carbonyl (C=O) groups is 3. The van der Waals surface area contributed by atoms with Crippen LogP contribution in [0.3, 0.4) is 0 Å². The topological polar surface area (TPSA) is 100 Å². The van der Waals surface area contributed by atoms with Crippen LogP contribution in [0.25, 0.3) is 0 Å². The molecule has 2 saturated heterocycles. The van der Waals surface area contributed by atoms with Gasteiger partial charge < -0.3 is 19.7 Å². The fourth-order valence-corrected chi connectivity index (χ4v) is 4.36. The van der Waals surface area contributed by atoms with Crippen molar-refractivity contribution in [2.24, 2.45) is 17.8 Å². The molecule has 1 aliphatic carbocycles. The fourth-order valence-electron chi connectivity index (χ4n) is 4.36. The minimum Gasteiger partial charge on any atom is -0.468 e. The SMILES string of the molecule is C/C=C/N1CCOCC1.CC(C)COC=O.CC(NC(=O)C(C)C1CCCC1)C(=O)N1CCCCN1. The first-order chi connectivity index (χ1) is 17.3. The number of hydrazine groups is 1. The predicted molar refractivity (Wildman–Crippen MR) is 142 cm³/mol. The van der Waals surface area contributed by atoms with Crippen molar-refractivity contribution in [3.63, 3.8) is 0 Å². The minimum absolute atomic E-state index is 0.0158. The van der Waals surface area contributed by atoms with E-state index < -0.39 is 6.04 Å². The van der Waals surface area contributed by atoms with Crippen molar-refractivity contribution >= 4 is 18.3 Å². The average molecular weight is 511 g/mol. The summed E-state index contributed by atoms with van der Waals surface area (Å²) in [6, 6.07) is -0.447. The second-order valence-corrected chi connectivity index (χ2v) is 10.1. The Morgan fingerprint density at radius 3 is 2.22 bits per heavy atom. The monoisotopic (exact) mass is 510 g/mol. The van der Waals surface area contributed by atoms with Crippen LogP contribution in [0.1, 0.15) is 73.1 Å². The van der Waals surface area contributed by atoms with Crippen LogP contribution in [0.2, 0.25) is 0 Å². The number of carbonyl (C=O) groups excluding carboxylic acids is 3. The summed E-state index contributed by atoms with van der Waals surface area (Å²) >= 11 is 0. The molecule has 3 aliphatic rings. The number of rotatable bonds is 8. The molecule has 0 radical (unpaired) electrons. The molecular formula is C27H50N4O5. The van der Waals surface area contributed by atoms with Gasteiger partial charge in [0.1, 0.15) is 6.04 Å². The Labute approximate surface area is 218 Å². The highest BCUT2D eigenvalue weighted by Gasteiger charge is 2.30. The smallest absolute Gasteiger partial charge is 0.293 e. The summed E-state index contributed by atoms with van der Waals surface area (Å²) in [4.78, 5) is 36.2. The summed E-state index contributed by atoms with van der Waals surface area (Å²) in [7, 11) is 0. The number of morpholine rings is 1. The zero-order valence-electron chi connectivity index (χ0n) is 23.2. The maximum absolute atomic E-state index is 12.2. The molecule has 3 rings (SSSR count). The van der Waals surface area contributed by atoms with Crippen LogP contribution in [0.15, 0.2) is 12.3 Å². The first-order valence-electron chi connectivity index (χ1n) is 13.6. The lowest BCUT2D eigenvalue weighted by Gasteiger charge is -2.30. The number of hydrogen-bond acceptors (Lipinski definition) is 7. The molecule has 2 unspecified atom stereocenters. The van der Waals surface area contributed by atoms with E-state index in [0.29, 0.717) is 24.9 Å². The third-order valence-electron chi connectivity index (χ3n) is 6.53. The van der Waals surface area contributed by atoms with Crippen molar-refractivity contribution < 1.29 is 23.9 Å². The van der Waals surface area contributed by atoms with Crippen LogP contribution in [0.5, 0.6) is 0 Å². The van der Waals surface area contributed by atoms with E-state index in [0.717, 1.165) is 65.1 Å². The van der Waals surface area contributed by atoms with Gasteiger partial charge in [0.05, 0.1) is 19.8 Å². The van der Waals surface area contributed by atoms with Gasteiger partial charge in [0, 0.05) is 32.1 Å². The van der Waals surface area contributed by atoms with E-state index in [2.05, 4.69) is 32.7 Å². The second kappa shape index (κ2) is 19.0. The van der Waals surface area contributed by atoms with Gasteiger partial charge in [-0.15, -0.1) is 0 Å². The van der Waals surface area contributed by atoms with Gasteiger partial charge in [-0.1, -0.05) is 39.7 Å². The summed E-state index contributed by atoms with van der Waals surface area (Å²) in [5.74, 6) is 0.948. The van der Waals surface area contributed by atoms with Crippen LogP contribution in [0.4, 0.5) is 0 Å². The van der Waals surface area contributed by atoms with Gasteiger partial charge in [-0.3, -0.25) is 19.4 Å². The van der Waals surface area contributed by atoms with Crippen LogP contribution in [-0.2, 0) is 23.9 Å². The highest BCUT2D eigenvalue weighted by atomic mass is 16.5. The van der Waals surface area contributed by atoms with Gasteiger partial charge in [0.15, 0.2) is 0 Å². The van der Waals surface area contributed by atoms with E-state index >= 15 is 0 Å². The van der Waals surface area contributed by atoms with E-state index in [-0.39, 0.29) is 17.7 Å². The zero-order chi connectivity index (χ0) is 26.8. The summed E-state index contributed by atoms with van der Waals surface area (Å²) < 4.78 is 9.58. The van der Waals surface area contributed by atoms with Gasteiger partial charge in [0.2, 0.25) is 5.91 Å². The standard InChI is InChI=1S/C15H27N3O2.C7H13NO.C5H10O2/c1-11(13-7-3-4-8-13)14(19)17-12(2)15(20)18-10-6-5-9-16-18;1-2-3-8-4-6-9-7-5-8;1-5(2)3-7-4-6/h11-13,16H,3-10H2,1-2H3,(H,17,19);2-3H,4-7H2,1H3;4-5H,3H2,1-2H3/b;3-2+;. The van der Waals surface area contributed by atoms with Crippen LogP contribution < -0.4 is 10.7 Å². The summed E-state index contributed by atoms with van der Waals surface area (Å²) in [6.07, 6.45) is 11.0. The number of hydrogen-bond donors (Lipinski definition) is 2. The highest BCUT2D eigenvalue weighted by molar-refractivity contribution is 5.88. The van der Waals surface area contributed by atoms with Crippen LogP contribution in [0, 0.1) is 17.8 Å². The molecule has 3 fully saturated rings. The molecule has 0 spiro atoms. The summed E-state index contributed by atoms with van der Waals surface area (Å²) in [6.45, 7) is 16.2. The molecular weight excluding hydrogens is 460 g/mol. The largest absolute Gasteiger partial charge is 0.468 e. The van der Waals surface area contributed by atoms with Gasteiger partial charge in [-0.05, 0) is 57.6 Å². The zero-order valence-corrected chi connectivity index (χ0v) is 23.2. The first-order valence-corrected chi connectivity index (χ1v) is 13.6. The van der Waals surface area contributed by atoms with Crippen molar-refractivity contribution in [2.45, 2.75) is 79.2 Å². The molecule has 2 amide bonds. The number of nitrogens with one attached hydrogen (secondary N) is 2. The van der Waals surface area contributed by atoms with Crippen molar-refractivity contribution in [1.29, 1.82) is 0 Å². The predicted octanol–water partition coefficient (Wildman–Crippen LogP) is 3.11. The van der Waals surface area contributed by atoms with E-state index in [9.17, 15) is 14.4 Å². The Morgan fingerprint density at radius 1 is 1.06 bits per heavy atom. The molecule has 208 valence electrons. The van der Waals surface area contributed by atoms with Crippen molar-refractivity contribution in [3.05, 3.63) is 12.3 Å². The normalized spacial score (nSPS) is 20.1. The third kappa shape index (κ3) is 13.3. The Kier molecular flexibility index (Phi) is 16.9.